The highest BCUT2D eigenvalue weighted by Crippen LogP contribution is 2.37. The van der Waals surface area contributed by atoms with E-state index in [4.69, 9.17) is 25.8 Å². The van der Waals surface area contributed by atoms with Crippen LogP contribution in [-0.2, 0) is 19.7 Å². The molecule has 0 radical (unpaired) electrons. The molecule has 0 saturated heterocycles. The molecular weight excluding hydrogens is 466 g/mol. The molecule has 0 aliphatic rings. The van der Waals surface area contributed by atoms with Crippen molar-refractivity contribution in [1.29, 1.82) is 0 Å². The van der Waals surface area contributed by atoms with Crippen LogP contribution in [0.3, 0.4) is 0 Å². The van der Waals surface area contributed by atoms with E-state index in [9.17, 15) is 0 Å². The van der Waals surface area contributed by atoms with Crippen LogP contribution in [0.4, 0.5) is 0 Å². The summed E-state index contributed by atoms with van der Waals surface area (Å²) in [5.74, 6) is 2.28. The molecule has 0 aromatic heterocycles. The molecule has 0 saturated carbocycles. The smallest absolute Gasteiger partial charge is 0.175 e. The van der Waals surface area contributed by atoms with Crippen LogP contribution >= 0.6 is 27.5 Å². The average molecular weight is 491 g/mol. The van der Waals surface area contributed by atoms with E-state index in [0.717, 1.165) is 33.6 Å². The molecule has 3 rings (SSSR count). The van der Waals surface area contributed by atoms with Gasteiger partial charge in [-0.1, -0.05) is 35.9 Å². The SMILES string of the molecule is CCOc1cc(CNCc2ccc(OC)cc2)cc(Br)c1OCc1ccc(Cl)cc1. The van der Waals surface area contributed by atoms with Crippen molar-refractivity contribution in [2.45, 2.75) is 26.6 Å². The van der Waals surface area contributed by atoms with E-state index in [0.29, 0.717) is 30.5 Å². The number of nitrogens with one attached hydrogen (secondary N) is 1. The van der Waals surface area contributed by atoms with Gasteiger partial charge in [-0.3, -0.25) is 0 Å². The van der Waals surface area contributed by atoms with E-state index < -0.39 is 0 Å². The fourth-order valence-corrected chi connectivity index (χ4v) is 3.69. The molecule has 0 heterocycles. The fraction of sp³-hybridized carbons (Fsp3) is 0.250. The third-order valence-electron chi connectivity index (χ3n) is 4.48. The highest BCUT2D eigenvalue weighted by molar-refractivity contribution is 9.10. The van der Waals surface area contributed by atoms with Crippen LogP contribution in [0.15, 0.2) is 65.1 Å². The molecule has 30 heavy (non-hydrogen) atoms. The molecule has 158 valence electrons. The van der Waals surface area contributed by atoms with Gasteiger partial charge in [-0.15, -0.1) is 0 Å². The van der Waals surface area contributed by atoms with Gasteiger partial charge in [0.15, 0.2) is 11.5 Å². The van der Waals surface area contributed by atoms with Gasteiger partial charge in [0, 0.05) is 18.1 Å². The summed E-state index contributed by atoms with van der Waals surface area (Å²) in [7, 11) is 1.67. The summed E-state index contributed by atoms with van der Waals surface area (Å²) in [6, 6.07) is 19.7. The van der Waals surface area contributed by atoms with Crippen molar-refractivity contribution in [3.05, 3.63) is 86.8 Å². The van der Waals surface area contributed by atoms with Gasteiger partial charge < -0.3 is 19.5 Å². The first-order valence-corrected chi connectivity index (χ1v) is 10.9. The Morgan fingerprint density at radius 3 is 2.20 bits per heavy atom. The Balaban J connectivity index is 1.64. The highest BCUT2D eigenvalue weighted by atomic mass is 79.9. The molecule has 4 nitrogen and oxygen atoms in total. The monoisotopic (exact) mass is 489 g/mol. The Hall–Kier alpha value is -2.21. The Morgan fingerprint density at radius 2 is 1.53 bits per heavy atom. The molecule has 0 aliphatic heterocycles. The predicted molar refractivity (Wildman–Crippen MR) is 125 cm³/mol. The van der Waals surface area contributed by atoms with Crippen molar-refractivity contribution in [2.75, 3.05) is 13.7 Å². The van der Waals surface area contributed by atoms with Gasteiger partial charge in [-0.25, -0.2) is 0 Å². The lowest BCUT2D eigenvalue weighted by Crippen LogP contribution is -2.13. The molecule has 6 heteroatoms. The van der Waals surface area contributed by atoms with Gasteiger partial charge >= 0.3 is 0 Å². The number of rotatable bonds is 10. The van der Waals surface area contributed by atoms with Crippen molar-refractivity contribution in [3.63, 3.8) is 0 Å². The molecular formula is C24H25BrClNO3. The second-order valence-electron chi connectivity index (χ2n) is 6.70. The van der Waals surface area contributed by atoms with E-state index in [-0.39, 0.29) is 0 Å². The largest absolute Gasteiger partial charge is 0.497 e. The molecule has 0 unspecified atom stereocenters. The Labute approximate surface area is 191 Å². The molecule has 3 aromatic carbocycles. The lowest BCUT2D eigenvalue weighted by molar-refractivity contribution is 0.267. The Kier molecular flexibility index (Phi) is 8.43. The molecule has 0 spiro atoms. The minimum atomic E-state index is 0.435. The standard InChI is InChI=1S/C24H25BrClNO3/c1-3-29-23-13-19(15-27-14-17-6-10-21(28-2)11-7-17)12-22(25)24(23)30-16-18-4-8-20(26)9-5-18/h4-13,27H,3,14-16H2,1-2H3. The quantitative estimate of drug-likeness (QED) is 0.358. The van der Waals surface area contributed by atoms with Gasteiger partial charge in [0.1, 0.15) is 12.4 Å². The molecule has 0 aliphatic carbocycles. The highest BCUT2D eigenvalue weighted by Gasteiger charge is 2.13. The third-order valence-corrected chi connectivity index (χ3v) is 5.32. The van der Waals surface area contributed by atoms with Gasteiger partial charge in [0.25, 0.3) is 0 Å². The second-order valence-corrected chi connectivity index (χ2v) is 8.00. The Morgan fingerprint density at radius 1 is 0.867 bits per heavy atom. The van der Waals surface area contributed by atoms with E-state index >= 15 is 0 Å². The van der Waals surface area contributed by atoms with Crippen LogP contribution in [0, 0.1) is 0 Å². The van der Waals surface area contributed by atoms with Crippen molar-refractivity contribution in [1.82, 2.24) is 5.32 Å². The first-order valence-electron chi connectivity index (χ1n) is 9.75. The lowest BCUT2D eigenvalue weighted by atomic mass is 10.1. The van der Waals surface area contributed by atoms with Crippen molar-refractivity contribution >= 4 is 27.5 Å². The number of methoxy groups -OCH3 is 1. The summed E-state index contributed by atoms with van der Waals surface area (Å²) in [6.45, 7) is 4.44. The second kappa shape index (κ2) is 11.3. The number of hydrogen-bond acceptors (Lipinski definition) is 4. The van der Waals surface area contributed by atoms with Crippen molar-refractivity contribution in [2.24, 2.45) is 0 Å². The fourth-order valence-electron chi connectivity index (χ4n) is 2.96. The maximum Gasteiger partial charge on any atom is 0.175 e. The number of halogens is 2. The van der Waals surface area contributed by atoms with Crippen LogP contribution in [0.2, 0.25) is 5.02 Å². The summed E-state index contributed by atoms with van der Waals surface area (Å²) in [5.41, 5.74) is 3.35. The summed E-state index contributed by atoms with van der Waals surface area (Å²) < 4.78 is 18.0. The zero-order valence-electron chi connectivity index (χ0n) is 17.1. The minimum absolute atomic E-state index is 0.435. The Bertz CT molecular complexity index is 946. The minimum Gasteiger partial charge on any atom is -0.497 e. The molecule has 0 bridgehead atoms. The molecule has 3 aromatic rings. The van der Waals surface area contributed by atoms with E-state index in [1.807, 2.05) is 49.4 Å². The summed E-state index contributed by atoms with van der Waals surface area (Å²) in [5, 5.41) is 4.17. The van der Waals surface area contributed by atoms with E-state index in [1.165, 1.54) is 5.56 Å². The van der Waals surface area contributed by atoms with E-state index in [2.05, 4.69) is 39.4 Å². The third kappa shape index (κ3) is 6.39. The summed E-state index contributed by atoms with van der Waals surface area (Å²) in [6.07, 6.45) is 0. The van der Waals surface area contributed by atoms with Gasteiger partial charge in [-0.05, 0) is 75.9 Å². The van der Waals surface area contributed by atoms with Crippen LogP contribution in [0.1, 0.15) is 23.6 Å². The maximum atomic E-state index is 6.05. The zero-order chi connectivity index (χ0) is 21.3. The predicted octanol–water partition coefficient (Wildman–Crippen LogP) is 6.38. The summed E-state index contributed by atoms with van der Waals surface area (Å²) in [4.78, 5) is 0. The van der Waals surface area contributed by atoms with Crippen LogP contribution in [-0.4, -0.2) is 13.7 Å². The topological polar surface area (TPSA) is 39.7 Å². The molecule has 0 fully saturated rings. The zero-order valence-corrected chi connectivity index (χ0v) is 19.4. The van der Waals surface area contributed by atoms with Crippen molar-refractivity contribution in [3.8, 4) is 17.2 Å². The molecule has 1 N–H and O–H groups in total. The van der Waals surface area contributed by atoms with Gasteiger partial charge in [-0.2, -0.15) is 0 Å². The van der Waals surface area contributed by atoms with Crippen LogP contribution < -0.4 is 19.5 Å². The van der Waals surface area contributed by atoms with Crippen molar-refractivity contribution < 1.29 is 14.2 Å². The average Bonchev–Trinajstić information content (AvgIpc) is 2.75. The first kappa shape index (κ1) is 22.5. The summed E-state index contributed by atoms with van der Waals surface area (Å²) >= 11 is 9.59. The number of ether oxygens (including phenoxy) is 3. The van der Waals surface area contributed by atoms with Gasteiger partial charge in [0.2, 0.25) is 0 Å². The number of hydrogen-bond donors (Lipinski definition) is 1. The van der Waals surface area contributed by atoms with E-state index in [1.54, 1.807) is 7.11 Å². The first-order chi connectivity index (χ1) is 14.6. The van der Waals surface area contributed by atoms with Gasteiger partial charge in [0.05, 0.1) is 18.2 Å². The lowest BCUT2D eigenvalue weighted by Gasteiger charge is -2.16. The molecule has 0 amide bonds. The molecule has 0 atom stereocenters. The maximum absolute atomic E-state index is 6.05. The van der Waals surface area contributed by atoms with Crippen LogP contribution in [0.25, 0.3) is 0 Å². The number of benzene rings is 3. The van der Waals surface area contributed by atoms with Crippen LogP contribution in [0.5, 0.6) is 17.2 Å². The normalized spacial score (nSPS) is 10.7.